The topological polar surface area (TPSA) is 115 Å². The van der Waals surface area contributed by atoms with Crippen molar-refractivity contribution in [3.63, 3.8) is 0 Å². The lowest BCUT2D eigenvalue weighted by molar-refractivity contribution is -0.192. The van der Waals surface area contributed by atoms with E-state index in [0.717, 1.165) is 71.9 Å². The van der Waals surface area contributed by atoms with Gasteiger partial charge < -0.3 is 34.1 Å². The van der Waals surface area contributed by atoms with Crippen molar-refractivity contribution in [2.75, 3.05) is 40.0 Å². The van der Waals surface area contributed by atoms with E-state index in [1.165, 1.54) is 0 Å². The van der Waals surface area contributed by atoms with Gasteiger partial charge in [-0.3, -0.25) is 9.78 Å². The maximum Gasteiger partial charge on any atom is 0.490 e. The fourth-order valence-electron chi connectivity index (χ4n) is 4.82. The Morgan fingerprint density at radius 2 is 1.80 bits per heavy atom. The molecule has 0 aliphatic carbocycles. The molecule has 2 aliphatic heterocycles. The van der Waals surface area contributed by atoms with Crippen molar-refractivity contribution in [2.24, 2.45) is 0 Å². The predicted octanol–water partition coefficient (Wildman–Crippen LogP) is 3.37. The SMILES string of the molecule is COc1ccc2c(C)cc(=O)n(CCN3CCC(NCc4cc5c(cn4)OCCO5)CC3)c2c1.O=C(O)C(F)(F)F. The summed E-state index contributed by atoms with van der Waals surface area (Å²) in [6, 6.07) is 10.1. The van der Waals surface area contributed by atoms with E-state index in [4.69, 9.17) is 24.1 Å². The van der Waals surface area contributed by atoms with Crippen LogP contribution < -0.4 is 25.1 Å². The zero-order chi connectivity index (χ0) is 29.6. The third-order valence-electron chi connectivity index (χ3n) is 7.05. The summed E-state index contributed by atoms with van der Waals surface area (Å²) in [6.45, 7) is 7.40. The Labute approximate surface area is 234 Å². The Balaban J connectivity index is 0.000000493. The second kappa shape index (κ2) is 13.2. The number of halogens is 3. The molecule has 222 valence electrons. The summed E-state index contributed by atoms with van der Waals surface area (Å²) in [5.74, 6) is -0.482. The summed E-state index contributed by atoms with van der Waals surface area (Å²) in [5.41, 5.74) is 2.94. The van der Waals surface area contributed by atoms with E-state index >= 15 is 0 Å². The Morgan fingerprint density at radius 3 is 2.46 bits per heavy atom. The largest absolute Gasteiger partial charge is 0.497 e. The molecule has 13 heteroatoms. The fourth-order valence-corrected chi connectivity index (χ4v) is 4.82. The molecule has 0 unspecified atom stereocenters. The second-order valence-electron chi connectivity index (χ2n) is 9.82. The number of carbonyl (C=O) groups is 1. The van der Waals surface area contributed by atoms with Crippen molar-refractivity contribution in [1.29, 1.82) is 0 Å². The predicted molar refractivity (Wildman–Crippen MR) is 145 cm³/mol. The van der Waals surface area contributed by atoms with Crippen molar-refractivity contribution in [1.82, 2.24) is 19.8 Å². The van der Waals surface area contributed by atoms with Crippen LogP contribution in [0.15, 0.2) is 41.3 Å². The summed E-state index contributed by atoms with van der Waals surface area (Å²) < 4.78 is 50.2. The highest BCUT2D eigenvalue weighted by Crippen LogP contribution is 2.29. The van der Waals surface area contributed by atoms with Gasteiger partial charge in [0.1, 0.15) is 19.0 Å². The number of nitrogens with zero attached hydrogens (tertiary/aromatic N) is 3. The maximum atomic E-state index is 12.8. The Morgan fingerprint density at radius 1 is 1.12 bits per heavy atom. The number of methoxy groups -OCH3 is 1. The van der Waals surface area contributed by atoms with Gasteiger partial charge in [-0.05, 0) is 50.6 Å². The van der Waals surface area contributed by atoms with Crippen LogP contribution in [0.5, 0.6) is 17.2 Å². The number of hydrogen-bond donors (Lipinski definition) is 2. The number of aryl methyl sites for hydroxylation is 1. The molecule has 2 aliphatic rings. The maximum absolute atomic E-state index is 12.8. The van der Waals surface area contributed by atoms with E-state index in [1.807, 2.05) is 35.8 Å². The first-order valence-corrected chi connectivity index (χ1v) is 13.2. The highest BCUT2D eigenvalue weighted by atomic mass is 19.4. The number of hydrogen-bond acceptors (Lipinski definition) is 8. The molecule has 0 amide bonds. The van der Waals surface area contributed by atoms with Crippen molar-refractivity contribution in [3.05, 3.63) is 58.1 Å². The first kappa shape index (κ1) is 30.1. The van der Waals surface area contributed by atoms with E-state index in [2.05, 4.69) is 15.2 Å². The molecule has 0 radical (unpaired) electrons. The van der Waals surface area contributed by atoms with Crippen LogP contribution >= 0.6 is 0 Å². The lowest BCUT2D eigenvalue weighted by atomic mass is 10.0. The number of carboxylic acids is 1. The van der Waals surface area contributed by atoms with Crippen molar-refractivity contribution >= 4 is 16.9 Å². The van der Waals surface area contributed by atoms with Crippen molar-refractivity contribution in [2.45, 2.75) is 45.1 Å². The monoisotopic (exact) mass is 578 g/mol. The van der Waals surface area contributed by atoms with Gasteiger partial charge >= 0.3 is 12.1 Å². The average molecular weight is 579 g/mol. The van der Waals surface area contributed by atoms with Gasteiger partial charge in [-0.25, -0.2) is 4.79 Å². The van der Waals surface area contributed by atoms with Crippen LogP contribution in [-0.4, -0.2) is 77.7 Å². The molecular formula is C28H33F3N4O6. The number of pyridine rings is 2. The van der Waals surface area contributed by atoms with Gasteiger partial charge in [-0.2, -0.15) is 13.2 Å². The van der Waals surface area contributed by atoms with Crippen LogP contribution in [0.1, 0.15) is 24.1 Å². The average Bonchev–Trinajstić information content (AvgIpc) is 2.96. The van der Waals surface area contributed by atoms with E-state index in [0.29, 0.717) is 32.3 Å². The molecule has 0 bridgehead atoms. The van der Waals surface area contributed by atoms with Gasteiger partial charge in [0.2, 0.25) is 0 Å². The summed E-state index contributed by atoms with van der Waals surface area (Å²) in [7, 11) is 1.65. The quantitative estimate of drug-likeness (QED) is 0.436. The van der Waals surface area contributed by atoms with Crippen LogP contribution in [0.3, 0.4) is 0 Å². The highest BCUT2D eigenvalue weighted by molar-refractivity contribution is 5.83. The molecule has 5 rings (SSSR count). The van der Waals surface area contributed by atoms with Crippen LogP contribution in [-0.2, 0) is 17.9 Å². The van der Waals surface area contributed by atoms with Gasteiger partial charge in [-0.15, -0.1) is 0 Å². The lowest BCUT2D eigenvalue weighted by Gasteiger charge is -2.32. The molecule has 4 heterocycles. The zero-order valence-electron chi connectivity index (χ0n) is 22.9. The fraction of sp³-hybridized carbons (Fsp3) is 0.464. The van der Waals surface area contributed by atoms with Gasteiger partial charge in [0.25, 0.3) is 5.56 Å². The van der Waals surface area contributed by atoms with Crippen LogP contribution in [0.25, 0.3) is 10.9 Å². The third-order valence-corrected chi connectivity index (χ3v) is 7.05. The number of ether oxygens (including phenoxy) is 3. The Hall–Kier alpha value is -3.84. The summed E-state index contributed by atoms with van der Waals surface area (Å²) in [4.78, 5) is 28.6. The molecule has 0 spiro atoms. The summed E-state index contributed by atoms with van der Waals surface area (Å²) in [5, 5.41) is 11.9. The number of aromatic nitrogens is 2. The van der Waals surface area contributed by atoms with Gasteiger partial charge in [0.15, 0.2) is 11.5 Å². The smallest absolute Gasteiger partial charge is 0.490 e. The minimum atomic E-state index is -5.08. The molecular weight excluding hydrogens is 545 g/mol. The number of likely N-dealkylation sites (tertiary alicyclic amines) is 1. The number of aliphatic carboxylic acids is 1. The normalized spacial score (nSPS) is 15.7. The van der Waals surface area contributed by atoms with Crippen molar-refractivity contribution < 1.29 is 37.3 Å². The van der Waals surface area contributed by atoms with E-state index in [-0.39, 0.29) is 5.56 Å². The summed E-state index contributed by atoms with van der Waals surface area (Å²) in [6.07, 6.45) is -1.19. The van der Waals surface area contributed by atoms with Gasteiger partial charge in [0.05, 0.1) is 24.5 Å². The molecule has 0 atom stereocenters. The molecule has 3 aromatic rings. The second-order valence-corrected chi connectivity index (χ2v) is 9.82. The number of rotatable bonds is 7. The molecule has 1 fully saturated rings. The lowest BCUT2D eigenvalue weighted by Crippen LogP contribution is -2.43. The zero-order valence-corrected chi connectivity index (χ0v) is 22.9. The van der Waals surface area contributed by atoms with Gasteiger partial charge in [0, 0.05) is 49.3 Å². The Bertz CT molecular complexity index is 1420. The van der Waals surface area contributed by atoms with E-state index in [9.17, 15) is 18.0 Å². The number of nitrogens with one attached hydrogen (secondary N) is 1. The first-order chi connectivity index (χ1) is 19.5. The van der Waals surface area contributed by atoms with Crippen LogP contribution in [0, 0.1) is 6.92 Å². The number of piperidine rings is 1. The molecule has 1 aromatic carbocycles. The van der Waals surface area contributed by atoms with E-state index < -0.39 is 12.1 Å². The standard InChI is InChI=1S/C26H32N4O4.C2HF3O2/c1-18-13-26(31)30(23-15-21(32-2)3-4-22(18)23)10-9-29-7-5-19(6-8-29)27-16-20-14-24-25(17-28-20)34-12-11-33-24;3-2(4,5)1(6)7/h3-4,13-15,17,19,27H,5-12,16H2,1-2H3;(H,6,7). The molecule has 1 saturated heterocycles. The van der Waals surface area contributed by atoms with Crippen LogP contribution in [0.4, 0.5) is 13.2 Å². The molecule has 41 heavy (non-hydrogen) atoms. The molecule has 10 nitrogen and oxygen atoms in total. The number of carboxylic acid groups (broad SMARTS) is 1. The minimum Gasteiger partial charge on any atom is -0.497 e. The molecule has 0 saturated carbocycles. The molecule has 2 aromatic heterocycles. The molecule has 2 N–H and O–H groups in total. The number of fused-ring (bicyclic) bond motifs is 2. The Kier molecular flexibility index (Phi) is 9.71. The highest BCUT2D eigenvalue weighted by Gasteiger charge is 2.38. The number of benzene rings is 1. The van der Waals surface area contributed by atoms with Crippen molar-refractivity contribution in [3.8, 4) is 17.2 Å². The third kappa shape index (κ3) is 7.88. The first-order valence-electron chi connectivity index (χ1n) is 13.2. The van der Waals surface area contributed by atoms with E-state index in [1.54, 1.807) is 19.4 Å². The van der Waals surface area contributed by atoms with Gasteiger partial charge in [-0.1, -0.05) is 0 Å². The summed E-state index contributed by atoms with van der Waals surface area (Å²) >= 11 is 0. The van der Waals surface area contributed by atoms with Crippen LogP contribution in [0.2, 0.25) is 0 Å². The number of alkyl halides is 3. The minimum absolute atomic E-state index is 0.0433.